The molecule has 0 aliphatic rings. The van der Waals surface area contributed by atoms with E-state index in [1.807, 2.05) is 18.2 Å². The maximum Gasteiger partial charge on any atom is 0.0585 e. The Morgan fingerprint density at radius 2 is 2.25 bits per heavy atom. The zero-order valence-corrected chi connectivity index (χ0v) is 11.1. The van der Waals surface area contributed by atoms with Gasteiger partial charge < -0.3 is 16.2 Å². The third kappa shape index (κ3) is 4.41. The highest BCUT2D eigenvalue weighted by Gasteiger charge is 2.04. The average molecular weight is 287 g/mol. The van der Waals surface area contributed by atoms with Crippen LogP contribution in [0.25, 0.3) is 0 Å². The normalized spacial score (nSPS) is 12.4. The van der Waals surface area contributed by atoms with Gasteiger partial charge in [0.2, 0.25) is 0 Å². The summed E-state index contributed by atoms with van der Waals surface area (Å²) in [4.78, 5) is 0. The Morgan fingerprint density at radius 1 is 1.50 bits per heavy atom. The summed E-state index contributed by atoms with van der Waals surface area (Å²) in [7, 11) is 0. The van der Waals surface area contributed by atoms with Crippen LogP contribution in [-0.2, 0) is 0 Å². The molecule has 0 heterocycles. The number of aliphatic hydroxyl groups excluding tert-OH is 1. The second-order valence-corrected chi connectivity index (χ2v) is 5.00. The Morgan fingerprint density at radius 3 is 2.94 bits per heavy atom. The fourth-order valence-corrected chi connectivity index (χ4v) is 1.87. The van der Waals surface area contributed by atoms with Crippen LogP contribution in [0.3, 0.4) is 0 Å². The van der Waals surface area contributed by atoms with Crippen LogP contribution in [0.5, 0.6) is 0 Å². The van der Waals surface area contributed by atoms with Gasteiger partial charge in [-0.1, -0.05) is 22.9 Å². The maximum absolute atomic E-state index is 8.73. The summed E-state index contributed by atoms with van der Waals surface area (Å²) in [6.45, 7) is 3.31. The van der Waals surface area contributed by atoms with Gasteiger partial charge in [0, 0.05) is 17.6 Å². The van der Waals surface area contributed by atoms with Gasteiger partial charge in [-0.3, -0.25) is 0 Å². The number of nitrogens with two attached hydrogens (primary N) is 1. The Balaban J connectivity index is 2.44. The molecular formula is C12H19BrN2O. The molecule has 1 aromatic rings. The maximum atomic E-state index is 8.73. The van der Waals surface area contributed by atoms with E-state index in [9.17, 15) is 0 Å². The van der Waals surface area contributed by atoms with Crippen molar-refractivity contribution in [2.45, 2.75) is 19.8 Å². The lowest BCUT2D eigenvalue weighted by molar-refractivity contribution is 0.275. The summed E-state index contributed by atoms with van der Waals surface area (Å²) in [5.41, 5.74) is 7.58. The molecule has 0 spiro atoms. The van der Waals surface area contributed by atoms with Crippen molar-refractivity contribution < 1.29 is 5.11 Å². The number of halogens is 1. The molecule has 1 aromatic carbocycles. The molecule has 0 saturated carbocycles. The Hall–Kier alpha value is -0.740. The first-order valence-electron chi connectivity index (χ1n) is 5.53. The largest absolute Gasteiger partial charge is 0.397 e. The summed E-state index contributed by atoms with van der Waals surface area (Å²) >= 11 is 3.42. The van der Waals surface area contributed by atoms with Crippen molar-refractivity contribution in [2.75, 3.05) is 24.2 Å². The van der Waals surface area contributed by atoms with Crippen LogP contribution in [0, 0.1) is 5.92 Å². The minimum atomic E-state index is 0.267. The Labute approximate surface area is 105 Å². The van der Waals surface area contributed by atoms with E-state index in [4.69, 9.17) is 10.8 Å². The molecule has 0 aliphatic carbocycles. The standard InChI is InChI=1S/C12H19BrN2O/c1-9(3-2-6-16)8-15-12-7-10(13)4-5-11(12)14/h4-5,7,9,15-16H,2-3,6,8,14H2,1H3/t9-/m1/s1. The smallest absolute Gasteiger partial charge is 0.0585 e. The minimum Gasteiger partial charge on any atom is -0.397 e. The minimum absolute atomic E-state index is 0.267. The number of anilines is 2. The number of nitrogen functional groups attached to an aromatic ring is 1. The monoisotopic (exact) mass is 286 g/mol. The van der Waals surface area contributed by atoms with Gasteiger partial charge in [-0.15, -0.1) is 0 Å². The molecule has 16 heavy (non-hydrogen) atoms. The van der Waals surface area contributed by atoms with Crippen LogP contribution >= 0.6 is 15.9 Å². The molecule has 4 heteroatoms. The van der Waals surface area contributed by atoms with Crippen LogP contribution in [0.2, 0.25) is 0 Å². The Bertz CT molecular complexity index is 331. The van der Waals surface area contributed by atoms with Crippen LogP contribution in [0.1, 0.15) is 19.8 Å². The molecule has 1 rings (SSSR count). The van der Waals surface area contributed by atoms with Crippen molar-refractivity contribution in [3.8, 4) is 0 Å². The lowest BCUT2D eigenvalue weighted by Gasteiger charge is -2.14. The third-order valence-corrected chi connectivity index (χ3v) is 3.00. The zero-order chi connectivity index (χ0) is 12.0. The number of nitrogens with one attached hydrogen (secondary N) is 1. The highest BCUT2D eigenvalue weighted by molar-refractivity contribution is 9.10. The summed E-state index contributed by atoms with van der Waals surface area (Å²) in [5, 5.41) is 12.1. The highest BCUT2D eigenvalue weighted by atomic mass is 79.9. The molecule has 0 unspecified atom stereocenters. The number of hydrogen-bond donors (Lipinski definition) is 3. The van der Waals surface area contributed by atoms with Gasteiger partial charge in [0.1, 0.15) is 0 Å². The lowest BCUT2D eigenvalue weighted by Crippen LogP contribution is -2.12. The predicted molar refractivity (Wildman–Crippen MR) is 72.5 cm³/mol. The summed E-state index contributed by atoms with van der Waals surface area (Å²) in [5.74, 6) is 0.533. The van der Waals surface area contributed by atoms with E-state index in [0.717, 1.165) is 35.2 Å². The van der Waals surface area contributed by atoms with Gasteiger partial charge in [-0.2, -0.15) is 0 Å². The van der Waals surface area contributed by atoms with Crippen molar-refractivity contribution >= 4 is 27.3 Å². The summed E-state index contributed by atoms with van der Waals surface area (Å²) in [6.07, 6.45) is 1.88. The van der Waals surface area contributed by atoms with E-state index in [0.29, 0.717) is 5.92 Å². The first kappa shape index (κ1) is 13.3. The van der Waals surface area contributed by atoms with Crippen LogP contribution in [0.4, 0.5) is 11.4 Å². The Kier molecular flexibility index (Phi) is 5.63. The topological polar surface area (TPSA) is 58.3 Å². The molecule has 4 N–H and O–H groups in total. The third-order valence-electron chi connectivity index (χ3n) is 2.51. The number of aliphatic hydroxyl groups is 1. The first-order valence-corrected chi connectivity index (χ1v) is 6.32. The molecule has 0 bridgehead atoms. The van der Waals surface area contributed by atoms with Gasteiger partial charge >= 0.3 is 0 Å². The lowest BCUT2D eigenvalue weighted by atomic mass is 10.1. The van der Waals surface area contributed by atoms with E-state index in [1.54, 1.807) is 0 Å². The average Bonchev–Trinajstić information content (AvgIpc) is 2.27. The highest BCUT2D eigenvalue weighted by Crippen LogP contribution is 2.23. The van der Waals surface area contributed by atoms with Crippen LogP contribution < -0.4 is 11.1 Å². The van der Waals surface area contributed by atoms with Crippen molar-refractivity contribution in [3.63, 3.8) is 0 Å². The van der Waals surface area contributed by atoms with Crippen LogP contribution in [-0.4, -0.2) is 18.3 Å². The molecule has 1 atom stereocenters. The summed E-state index contributed by atoms with van der Waals surface area (Å²) in [6, 6.07) is 5.79. The molecule has 0 saturated heterocycles. The van der Waals surface area contributed by atoms with E-state index >= 15 is 0 Å². The molecule has 0 fully saturated rings. The van der Waals surface area contributed by atoms with Crippen molar-refractivity contribution in [3.05, 3.63) is 22.7 Å². The van der Waals surface area contributed by atoms with Gasteiger partial charge in [0.25, 0.3) is 0 Å². The second-order valence-electron chi connectivity index (χ2n) is 4.08. The molecule has 3 nitrogen and oxygen atoms in total. The van der Waals surface area contributed by atoms with E-state index in [1.165, 1.54) is 0 Å². The van der Waals surface area contributed by atoms with Gasteiger partial charge in [0.05, 0.1) is 11.4 Å². The molecule has 0 radical (unpaired) electrons. The van der Waals surface area contributed by atoms with Gasteiger partial charge in [-0.25, -0.2) is 0 Å². The van der Waals surface area contributed by atoms with E-state index in [-0.39, 0.29) is 6.61 Å². The molecule has 0 amide bonds. The number of rotatable bonds is 6. The predicted octanol–water partition coefficient (Wildman–Crippen LogP) is 2.85. The van der Waals surface area contributed by atoms with E-state index in [2.05, 4.69) is 28.2 Å². The fourth-order valence-electron chi connectivity index (χ4n) is 1.51. The second kappa shape index (κ2) is 6.76. The van der Waals surface area contributed by atoms with Crippen molar-refractivity contribution in [1.29, 1.82) is 0 Å². The molecular weight excluding hydrogens is 268 g/mol. The zero-order valence-electron chi connectivity index (χ0n) is 9.54. The van der Waals surface area contributed by atoms with E-state index < -0.39 is 0 Å². The molecule has 0 aliphatic heterocycles. The SMILES string of the molecule is C[C@H](CCCO)CNc1cc(Br)ccc1N. The van der Waals surface area contributed by atoms with Crippen LogP contribution in [0.15, 0.2) is 22.7 Å². The van der Waals surface area contributed by atoms with Gasteiger partial charge in [-0.05, 0) is 37.0 Å². The number of hydrogen-bond acceptors (Lipinski definition) is 3. The first-order chi connectivity index (χ1) is 7.63. The number of benzene rings is 1. The summed E-state index contributed by atoms with van der Waals surface area (Å²) < 4.78 is 1.02. The fraction of sp³-hybridized carbons (Fsp3) is 0.500. The molecule has 90 valence electrons. The van der Waals surface area contributed by atoms with Crippen molar-refractivity contribution in [1.82, 2.24) is 0 Å². The van der Waals surface area contributed by atoms with Gasteiger partial charge in [0.15, 0.2) is 0 Å². The van der Waals surface area contributed by atoms with Crippen molar-refractivity contribution in [2.24, 2.45) is 5.92 Å². The molecule has 0 aromatic heterocycles. The quantitative estimate of drug-likeness (QED) is 0.705.